The molecule has 0 spiro atoms. The lowest BCUT2D eigenvalue weighted by atomic mass is 10.1. The Morgan fingerprint density at radius 1 is 1.43 bits per heavy atom. The number of nitrogens with zero attached hydrogens (tertiary/aromatic N) is 4. The molecule has 1 N–H and O–H groups in total. The predicted molar refractivity (Wildman–Crippen MR) is 84.2 cm³/mol. The predicted octanol–water partition coefficient (Wildman–Crippen LogP) is 3.40. The number of hydrogen-bond donors (Lipinski definition) is 1. The minimum absolute atomic E-state index is 0.0836. The van der Waals surface area contributed by atoms with Crippen LogP contribution in [0.4, 0.5) is 0 Å². The van der Waals surface area contributed by atoms with E-state index in [-0.39, 0.29) is 12.2 Å². The first kappa shape index (κ1) is 19.1. The van der Waals surface area contributed by atoms with Crippen molar-refractivity contribution >= 4 is 23.2 Å². The molecule has 2 aromatic rings. The molecule has 10 heteroatoms. The summed E-state index contributed by atoms with van der Waals surface area (Å²) in [5.74, 6) is 0. The first-order valence-electron chi connectivity index (χ1n) is 6.55. The molecule has 0 saturated heterocycles. The molecule has 8 nitrogen and oxygen atoms in total. The van der Waals surface area contributed by atoms with E-state index in [9.17, 15) is 0 Å². The Morgan fingerprint density at radius 2 is 2.09 bits per heavy atom. The number of rotatable bonds is 5. The van der Waals surface area contributed by atoms with Gasteiger partial charge in [-0.05, 0) is 26.0 Å². The number of hydrogen-bond acceptors (Lipinski definition) is 5. The van der Waals surface area contributed by atoms with Gasteiger partial charge in [0.15, 0.2) is 0 Å². The summed E-state index contributed by atoms with van der Waals surface area (Å²) >= 11 is 12.2. The van der Waals surface area contributed by atoms with Crippen LogP contribution in [0.2, 0.25) is 10.0 Å². The third-order valence-electron chi connectivity index (χ3n) is 2.57. The fourth-order valence-electron chi connectivity index (χ4n) is 1.80. The third-order valence-corrected chi connectivity index (χ3v) is 3.13. The largest absolute Gasteiger partial charge is 0.369 e. The van der Waals surface area contributed by atoms with Gasteiger partial charge in [0.25, 0.3) is 5.09 Å². The Bertz CT molecular complexity index is 618. The lowest BCUT2D eigenvalue weighted by Gasteiger charge is -2.21. The molecule has 0 amide bonds. The van der Waals surface area contributed by atoms with Gasteiger partial charge in [0.2, 0.25) is 0 Å². The van der Waals surface area contributed by atoms with Crippen LogP contribution < -0.4 is 0 Å². The maximum atomic E-state index is 8.36. The van der Waals surface area contributed by atoms with E-state index >= 15 is 0 Å². The van der Waals surface area contributed by atoms with Gasteiger partial charge < -0.3 is 9.94 Å². The van der Waals surface area contributed by atoms with Crippen LogP contribution in [-0.4, -0.2) is 31.2 Å². The summed E-state index contributed by atoms with van der Waals surface area (Å²) in [6.45, 7) is 4.52. The lowest BCUT2D eigenvalue weighted by Crippen LogP contribution is -2.17. The summed E-state index contributed by atoms with van der Waals surface area (Å²) in [5.41, 5.74) is 0.898. The fourth-order valence-corrected chi connectivity index (χ4v) is 2.33. The van der Waals surface area contributed by atoms with Gasteiger partial charge in [-0.15, -0.1) is 10.1 Å². The highest BCUT2D eigenvalue weighted by molar-refractivity contribution is 6.35. The van der Waals surface area contributed by atoms with Gasteiger partial charge in [-0.2, -0.15) is 5.10 Å². The second-order valence-corrected chi connectivity index (χ2v) is 5.54. The summed E-state index contributed by atoms with van der Waals surface area (Å²) in [6.07, 6.45) is 3.04. The quantitative estimate of drug-likeness (QED) is 0.645. The maximum Gasteiger partial charge on any atom is 0.291 e. The average molecular weight is 363 g/mol. The molecule has 1 heterocycles. The molecule has 1 aromatic carbocycles. The molecule has 0 aliphatic rings. The number of benzene rings is 1. The molecule has 0 radical (unpaired) electrons. The number of halogens is 2. The Balaban J connectivity index is 0.000000593. The van der Waals surface area contributed by atoms with Crippen molar-refractivity contribution in [3.8, 4) is 0 Å². The zero-order valence-corrected chi connectivity index (χ0v) is 14.0. The standard InChI is InChI=1S/C13H15Cl2N3O.HNO3/c1-9(2)19-13(6-18-8-16-7-17-18)11-4-3-10(14)5-12(11)15;2-1(3)4/h3-5,7-9,13H,6H2,1-2H3;(H,2,3,4). The Labute approximate surface area is 142 Å². The first-order chi connectivity index (χ1) is 10.8. The van der Waals surface area contributed by atoms with Crippen molar-refractivity contribution in [2.24, 2.45) is 0 Å². The molecule has 0 aliphatic carbocycles. The van der Waals surface area contributed by atoms with Gasteiger partial charge >= 0.3 is 0 Å². The summed E-state index contributed by atoms with van der Waals surface area (Å²) < 4.78 is 7.63. The van der Waals surface area contributed by atoms with Gasteiger partial charge in [-0.3, -0.25) is 4.68 Å². The van der Waals surface area contributed by atoms with Crippen LogP contribution in [0.15, 0.2) is 30.9 Å². The van der Waals surface area contributed by atoms with Gasteiger partial charge in [-0.1, -0.05) is 29.3 Å². The molecule has 1 atom stereocenters. The highest BCUT2D eigenvalue weighted by Gasteiger charge is 2.18. The molecule has 126 valence electrons. The van der Waals surface area contributed by atoms with Gasteiger partial charge in [0.1, 0.15) is 18.8 Å². The van der Waals surface area contributed by atoms with E-state index in [1.165, 1.54) is 6.33 Å². The Kier molecular flexibility index (Phi) is 7.73. The zero-order valence-electron chi connectivity index (χ0n) is 12.5. The smallest absolute Gasteiger partial charge is 0.291 e. The Morgan fingerprint density at radius 3 is 2.57 bits per heavy atom. The molecule has 0 saturated carbocycles. The fraction of sp³-hybridized carbons (Fsp3) is 0.385. The average Bonchev–Trinajstić information content (AvgIpc) is 2.89. The van der Waals surface area contributed by atoms with Crippen molar-refractivity contribution in [3.05, 3.63) is 56.6 Å². The minimum atomic E-state index is -1.50. The van der Waals surface area contributed by atoms with Crippen LogP contribution in [0.5, 0.6) is 0 Å². The van der Waals surface area contributed by atoms with E-state index in [0.29, 0.717) is 16.6 Å². The zero-order chi connectivity index (χ0) is 17.4. The Hall–Kier alpha value is -1.90. The summed E-state index contributed by atoms with van der Waals surface area (Å²) in [5, 5.41) is 18.9. The van der Waals surface area contributed by atoms with Crippen molar-refractivity contribution in [1.29, 1.82) is 0 Å². The van der Waals surface area contributed by atoms with E-state index < -0.39 is 5.09 Å². The summed E-state index contributed by atoms with van der Waals surface area (Å²) in [6, 6.07) is 5.41. The molecular formula is C13H16Cl2N4O4. The molecule has 0 bridgehead atoms. The van der Waals surface area contributed by atoms with Gasteiger partial charge in [0, 0.05) is 15.6 Å². The molecule has 23 heavy (non-hydrogen) atoms. The lowest BCUT2D eigenvalue weighted by molar-refractivity contribution is -0.742. The van der Waals surface area contributed by atoms with Crippen molar-refractivity contribution in [2.45, 2.75) is 32.6 Å². The van der Waals surface area contributed by atoms with Crippen LogP contribution in [0.1, 0.15) is 25.5 Å². The van der Waals surface area contributed by atoms with E-state index in [1.807, 2.05) is 19.9 Å². The topological polar surface area (TPSA) is 103 Å². The number of ether oxygens (including phenoxy) is 1. The monoisotopic (exact) mass is 362 g/mol. The van der Waals surface area contributed by atoms with Crippen molar-refractivity contribution < 1.29 is 15.0 Å². The van der Waals surface area contributed by atoms with E-state index in [4.69, 9.17) is 43.3 Å². The van der Waals surface area contributed by atoms with Crippen molar-refractivity contribution in [3.63, 3.8) is 0 Å². The van der Waals surface area contributed by atoms with Crippen LogP contribution in [-0.2, 0) is 11.3 Å². The van der Waals surface area contributed by atoms with Crippen LogP contribution >= 0.6 is 23.2 Å². The first-order valence-corrected chi connectivity index (χ1v) is 7.31. The molecule has 1 unspecified atom stereocenters. The molecular weight excluding hydrogens is 347 g/mol. The highest BCUT2D eigenvalue weighted by Crippen LogP contribution is 2.30. The molecule has 0 fully saturated rings. The maximum absolute atomic E-state index is 8.36. The molecule has 0 aliphatic heterocycles. The van der Waals surface area contributed by atoms with Crippen molar-refractivity contribution in [2.75, 3.05) is 0 Å². The second-order valence-electron chi connectivity index (χ2n) is 4.69. The summed E-state index contributed by atoms with van der Waals surface area (Å²) in [7, 11) is 0. The SMILES string of the molecule is CC(C)OC(Cn1cncn1)c1ccc(Cl)cc1Cl.O=[N+]([O-])O. The van der Waals surface area contributed by atoms with E-state index in [1.54, 1.807) is 23.1 Å². The minimum Gasteiger partial charge on any atom is -0.369 e. The molecule has 1 aromatic heterocycles. The van der Waals surface area contributed by atoms with Crippen molar-refractivity contribution in [1.82, 2.24) is 14.8 Å². The van der Waals surface area contributed by atoms with Gasteiger partial charge in [-0.25, -0.2) is 4.98 Å². The summed E-state index contributed by atoms with van der Waals surface area (Å²) in [4.78, 5) is 12.3. The normalized spacial score (nSPS) is 11.7. The third kappa shape index (κ3) is 7.27. The number of aromatic nitrogens is 3. The highest BCUT2D eigenvalue weighted by atomic mass is 35.5. The van der Waals surface area contributed by atoms with Crippen LogP contribution in [0.3, 0.4) is 0 Å². The van der Waals surface area contributed by atoms with Gasteiger partial charge in [0.05, 0.1) is 12.6 Å². The van der Waals surface area contributed by atoms with Crippen LogP contribution in [0, 0.1) is 10.1 Å². The van der Waals surface area contributed by atoms with E-state index in [0.717, 1.165) is 5.56 Å². The molecule has 2 rings (SSSR count). The van der Waals surface area contributed by atoms with E-state index in [2.05, 4.69) is 10.1 Å². The second kappa shape index (κ2) is 9.29. The van der Waals surface area contributed by atoms with Crippen LogP contribution in [0.25, 0.3) is 0 Å².